The topological polar surface area (TPSA) is 51.2 Å². The lowest BCUT2D eigenvalue weighted by Crippen LogP contribution is -2.13. The van der Waals surface area contributed by atoms with Gasteiger partial charge in [-0.05, 0) is 35.0 Å². The number of nitrogens with zero attached hydrogens (tertiary/aromatic N) is 1. The van der Waals surface area contributed by atoms with E-state index in [1.165, 1.54) is 0 Å². The third-order valence-corrected chi connectivity index (χ3v) is 2.75. The van der Waals surface area contributed by atoms with Crippen molar-refractivity contribution in [2.75, 3.05) is 6.54 Å². The highest BCUT2D eigenvalue weighted by Gasteiger charge is 2.11. The lowest BCUT2D eigenvalue weighted by molar-refractivity contribution is 0.476. The van der Waals surface area contributed by atoms with Crippen molar-refractivity contribution >= 4 is 15.9 Å². The lowest BCUT2D eigenvalue weighted by Gasteiger charge is -1.97. The monoisotopic (exact) mass is 284 g/mol. The van der Waals surface area contributed by atoms with E-state index in [1.807, 2.05) is 6.07 Å². The Kier molecular flexibility index (Phi) is 3.79. The summed E-state index contributed by atoms with van der Waals surface area (Å²) in [6.45, 7) is 3.74. The molecule has 5 heteroatoms. The van der Waals surface area contributed by atoms with Crippen LogP contribution in [0.15, 0.2) is 32.0 Å². The van der Waals surface area contributed by atoms with Crippen LogP contribution in [0.1, 0.15) is 19.2 Å². The predicted octanol–water partition coefficient (Wildman–Crippen LogP) is 3.20. The number of hydrogen-bond acceptors (Lipinski definition) is 4. The van der Waals surface area contributed by atoms with E-state index in [-0.39, 0.29) is 0 Å². The smallest absolute Gasteiger partial charge is 0.208 e. The molecule has 0 radical (unpaired) electrons. The minimum atomic E-state index is 0.656. The first-order valence-electron chi connectivity index (χ1n) is 5.20. The molecule has 0 saturated heterocycles. The van der Waals surface area contributed by atoms with E-state index in [2.05, 4.69) is 33.2 Å². The van der Waals surface area contributed by atoms with Gasteiger partial charge < -0.3 is 14.2 Å². The van der Waals surface area contributed by atoms with Gasteiger partial charge in [0.05, 0.1) is 24.6 Å². The van der Waals surface area contributed by atoms with Gasteiger partial charge in [-0.2, -0.15) is 0 Å². The van der Waals surface area contributed by atoms with E-state index in [4.69, 9.17) is 8.83 Å². The minimum absolute atomic E-state index is 0.656. The van der Waals surface area contributed by atoms with Crippen LogP contribution >= 0.6 is 15.9 Å². The standard InChI is InChI=1S/C11H13BrN2O2/c1-2-4-13-7-10-14-6-9(16-10)8-3-5-15-11(8)12/h3,5-6,13H,2,4,7H2,1H3. The molecule has 0 amide bonds. The quantitative estimate of drug-likeness (QED) is 0.857. The van der Waals surface area contributed by atoms with E-state index >= 15 is 0 Å². The number of nitrogens with one attached hydrogen (secondary N) is 1. The first-order valence-corrected chi connectivity index (χ1v) is 5.99. The Morgan fingerprint density at radius 1 is 1.50 bits per heavy atom. The zero-order valence-corrected chi connectivity index (χ0v) is 10.6. The van der Waals surface area contributed by atoms with Crippen LogP contribution in [0.25, 0.3) is 11.3 Å². The molecule has 2 aromatic heterocycles. The van der Waals surface area contributed by atoms with Gasteiger partial charge in [0.2, 0.25) is 5.89 Å². The van der Waals surface area contributed by atoms with Crippen molar-refractivity contribution in [2.45, 2.75) is 19.9 Å². The van der Waals surface area contributed by atoms with Crippen molar-refractivity contribution in [2.24, 2.45) is 0 Å². The summed E-state index contributed by atoms with van der Waals surface area (Å²) in [4.78, 5) is 4.19. The molecule has 0 unspecified atom stereocenters. The first kappa shape index (κ1) is 11.4. The molecule has 2 rings (SSSR count). The molecule has 0 aliphatic heterocycles. The fraction of sp³-hybridized carbons (Fsp3) is 0.364. The Morgan fingerprint density at radius 2 is 2.38 bits per heavy atom. The second-order valence-corrected chi connectivity index (χ2v) is 4.12. The van der Waals surface area contributed by atoms with Gasteiger partial charge in [-0.15, -0.1) is 0 Å². The van der Waals surface area contributed by atoms with Crippen molar-refractivity contribution in [1.82, 2.24) is 10.3 Å². The van der Waals surface area contributed by atoms with Crippen LogP contribution in [-0.4, -0.2) is 11.5 Å². The van der Waals surface area contributed by atoms with Gasteiger partial charge in [0.15, 0.2) is 10.4 Å². The average Bonchev–Trinajstić information content (AvgIpc) is 2.87. The molecule has 1 N–H and O–H groups in total. The number of hydrogen-bond donors (Lipinski definition) is 1. The summed E-state index contributed by atoms with van der Waals surface area (Å²) in [5.41, 5.74) is 0.884. The van der Waals surface area contributed by atoms with E-state index in [0.29, 0.717) is 22.9 Å². The number of oxazole rings is 1. The van der Waals surface area contributed by atoms with Gasteiger partial charge in [0, 0.05) is 0 Å². The molecule has 0 bridgehead atoms. The molecular weight excluding hydrogens is 272 g/mol. The van der Waals surface area contributed by atoms with Gasteiger partial charge in [-0.3, -0.25) is 0 Å². The number of aromatic nitrogens is 1. The van der Waals surface area contributed by atoms with E-state index < -0.39 is 0 Å². The average molecular weight is 285 g/mol. The highest BCUT2D eigenvalue weighted by atomic mass is 79.9. The second kappa shape index (κ2) is 5.32. The van der Waals surface area contributed by atoms with Crippen LogP contribution in [0, 0.1) is 0 Å². The Balaban J connectivity index is 2.05. The zero-order chi connectivity index (χ0) is 11.4. The van der Waals surface area contributed by atoms with Crippen molar-refractivity contribution in [3.8, 4) is 11.3 Å². The van der Waals surface area contributed by atoms with E-state index in [9.17, 15) is 0 Å². The Bertz CT molecular complexity index is 450. The van der Waals surface area contributed by atoms with E-state index in [0.717, 1.165) is 18.5 Å². The second-order valence-electron chi connectivity index (χ2n) is 3.40. The summed E-state index contributed by atoms with van der Waals surface area (Å²) in [5, 5.41) is 3.23. The molecular formula is C11H13BrN2O2. The number of furan rings is 1. The molecule has 86 valence electrons. The van der Waals surface area contributed by atoms with Crippen molar-refractivity contribution < 1.29 is 8.83 Å². The molecule has 16 heavy (non-hydrogen) atoms. The SMILES string of the molecule is CCCNCc1ncc(-c2ccoc2Br)o1. The highest BCUT2D eigenvalue weighted by molar-refractivity contribution is 9.10. The van der Waals surface area contributed by atoms with Crippen LogP contribution in [0.3, 0.4) is 0 Å². The van der Waals surface area contributed by atoms with Crippen LogP contribution < -0.4 is 5.32 Å². The van der Waals surface area contributed by atoms with E-state index in [1.54, 1.807) is 12.5 Å². The van der Waals surface area contributed by atoms with Crippen LogP contribution in [0.2, 0.25) is 0 Å². The van der Waals surface area contributed by atoms with Crippen LogP contribution in [0.4, 0.5) is 0 Å². The molecule has 0 aliphatic carbocycles. The summed E-state index contributed by atoms with van der Waals surface area (Å²) in [6, 6.07) is 1.84. The first-order chi connectivity index (χ1) is 7.81. The van der Waals surface area contributed by atoms with Crippen molar-refractivity contribution in [3.63, 3.8) is 0 Å². The largest absolute Gasteiger partial charge is 0.457 e. The zero-order valence-electron chi connectivity index (χ0n) is 9.00. The molecule has 0 saturated carbocycles. The fourth-order valence-electron chi connectivity index (χ4n) is 1.36. The van der Waals surface area contributed by atoms with Gasteiger partial charge in [-0.25, -0.2) is 4.98 Å². The fourth-order valence-corrected chi connectivity index (χ4v) is 1.79. The maximum Gasteiger partial charge on any atom is 0.208 e. The lowest BCUT2D eigenvalue weighted by atomic mass is 10.3. The summed E-state index contributed by atoms with van der Waals surface area (Å²) in [5.74, 6) is 1.41. The summed E-state index contributed by atoms with van der Waals surface area (Å²) >= 11 is 3.31. The normalized spacial score (nSPS) is 10.9. The maximum atomic E-state index is 5.59. The predicted molar refractivity (Wildman–Crippen MR) is 63.9 cm³/mol. The molecule has 0 atom stereocenters. The van der Waals surface area contributed by atoms with Crippen molar-refractivity contribution in [1.29, 1.82) is 0 Å². The molecule has 2 aromatic rings. The molecule has 4 nitrogen and oxygen atoms in total. The third kappa shape index (κ3) is 2.54. The van der Waals surface area contributed by atoms with Gasteiger partial charge in [-0.1, -0.05) is 6.92 Å². The number of halogens is 1. The Morgan fingerprint density at radius 3 is 3.06 bits per heavy atom. The highest BCUT2D eigenvalue weighted by Crippen LogP contribution is 2.29. The molecule has 0 spiro atoms. The van der Waals surface area contributed by atoms with Gasteiger partial charge in [0.1, 0.15) is 0 Å². The van der Waals surface area contributed by atoms with Crippen LogP contribution in [0.5, 0.6) is 0 Å². The molecule has 0 aliphatic rings. The third-order valence-electron chi connectivity index (χ3n) is 2.14. The van der Waals surface area contributed by atoms with Gasteiger partial charge in [0.25, 0.3) is 0 Å². The molecule has 0 aromatic carbocycles. The maximum absolute atomic E-state index is 5.59. The minimum Gasteiger partial charge on any atom is -0.457 e. The number of rotatable bonds is 5. The molecule has 2 heterocycles. The van der Waals surface area contributed by atoms with Crippen molar-refractivity contribution in [3.05, 3.63) is 29.1 Å². The van der Waals surface area contributed by atoms with Gasteiger partial charge >= 0.3 is 0 Å². The summed E-state index contributed by atoms with van der Waals surface area (Å²) in [7, 11) is 0. The summed E-state index contributed by atoms with van der Waals surface area (Å²) in [6.07, 6.45) is 4.41. The Labute approximate surface area is 102 Å². The summed E-state index contributed by atoms with van der Waals surface area (Å²) < 4.78 is 11.4. The van der Waals surface area contributed by atoms with Crippen LogP contribution in [-0.2, 0) is 6.54 Å². The Hall–Kier alpha value is -1.07. The molecule has 0 fully saturated rings.